The third-order valence-electron chi connectivity index (χ3n) is 5.92. The lowest BCUT2D eigenvalue weighted by molar-refractivity contribution is -0.133. The van der Waals surface area contributed by atoms with Crippen LogP contribution in [0.15, 0.2) is 48.5 Å². The fourth-order valence-corrected chi connectivity index (χ4v) is 4.02. The van der Waals surface area contributed by atoms with Gasteiger partial charge in [0.15, 0.2) is 0 Å². The number of rotatable bonds is 6. The maximum atomic E-state index is 13.0. The number of methoxy groups -OCH3 is 1. The van der Waals surface area contributed by atoms with Crippen molar-refractivity contribution in [2.45, 2.75) is 32.9 Å². The van der Waals surface area contributed by atoms with Gasteiger partial charge in [0, 0.05) is 13.1 Å². The van der Waals surface area contributed by atoms with Gasteiger partial charge in [-0.3, -0.25) is 9.59 Å². The number of imidazole rings is 1. The molecule has 2 heterocycles. The Labute approximate surface area is 182 Å². The first kappa shape index (κ1) is 20.9. The number of carbonyl (C=O) groups excluding carboxylic acids is 2. The standard InChI is InChI=1S/C24H28N4O3/c1-17-11-13-27(14-12-17)23(29)16-28-20-9-5-4-8-19(20)26-22(28)15-25-24(30)18-7-3-6-10-21(18)31-2/h3-10,17H,11-16H2,1-2H3,(H,25,30). The molecule has 7 heteroatoms. The second kappa shape index (κ2) is 9.20. The Bertz CT molecular complexity index is 1080. The van der Waals surface area contributed by atoms with Gasteiger partial charge in [0.25, 0.3) is 5.91 Å². The van der Waals surface area contributed by atoms with Gasteiger partial charge in [-0.05, 0) is 43.0 Å². The number of amides is 2. The minimum Gasteiger partial charge on any atom is -0.496 e. The number of para-hydroxylation sites is 3. The van der Waals surface area contributed by atoms with E-state index in [0.717, 1.165) is 37.0 Å². The van der Waals surface area contributed by atoms with Crippen LogP contribution >= 0.6 is 0 Å². The zero-order valence-electron chi connectivity index (χ0n) is 18.0. The lowest BCUT2D eigenvalue weighted by atomic mass is 9.99. The largest absolute Gasteiger partial charge is 0.496 e. The van der Waals surface area contributed by atoms with E-state index in [1.165, 1.54) is 0 Å². The normalized spacial score (nSPS) is 14.6. The molecule has 0 saturated carbocycles. The highest BCUT2D eigenvalue weighted by atomic mass is 16.5. The molecule has 0 unspecified atom stereocenters. The molecule has 1 aliphatic heterocycles. The van der Waals surface area contributed by atoms with Gasteiger partial charge in [0.05, 0.1) is 30.3 Å². The van der Waals surface area contributed by atoms with Crippen molar-refractivity contribution < 1.29 is 14.3 Å². The molecule has 1 N–H and O–H groups in total. The van der Waals surface area contributed by atoms with E-state index in [0.29, 0.717) is 23.1 Å². The first-order valence-electron chi connectivity index (χ1n) is 10.7. The number of piperidine rings is 1. The Morgan fingerprint density at radius 2 is 1.81 bits per heavy atom. The molecule has 0 spiro atoms. The molecule has 0 atom stereocenters. The van der Waals surface area contributed by atoms with E-state index in [9.17, 15) is 9.59 Å². The summed E-state index contributed by atoms with van der Waals surface area (Å²) < 4.78 is 7.20. The van der Waals surface area contributed by atoms with Crippen molar-refractivity contribution in [2.24, 2.45) is 5.92 Å². The van der Waals surface area contributed by atoms with Gasteiger partial charge >= 0.3 is 0 Å². The molecular formula is C24H28N4O3. The van der Waals surface area contributed by atoms with E-state index < -0.39 is 0 Å². The van der Waals surface area contributed by atoms with Crippen LogP contribution in [0.3, 0.4) is 0 Å². The zero-order chi connectivity index (χ0) is 21.8. The number of aromatic nitrogens is 2. The predicted molar refractivity (Wildman–Crippen MR) is 119 cm³/mol. The average Bonchev–Trinajstić information content (AvgIpc) is 3.15. The van der Waals surface area contributed by atoms with E-state index in [1.807, 2.05) is 39.8 Å². The summed E-state index contributed by atoms with van der Waals surface area (Å²) in [5.74, 6) is 1.69. The van der Waals surface area contributed by atoms with Crippen LogP contribution in [0.4, 0.5) is 0 Å². The molecule has 0 aliphatic carbocycles. The van der Waals surface area contributed by atoms with Crippen molar-refractivity contribution in [1.29, 1.82) is 0 Å². The molecule has 0 bridgehead atoms. The smallest absolute Gasteiger partial charge is 0.255 e. The number of benzene rings is 2. The number of hydrogen-bond donors (Lipinski definition) is 1. The highest BCUT2D eigenvalue weighted by Crippen LogP contribution is 2.20. The molecule has 4 rings (SSSR count). The zero-order valence-corrected chi connectivity index (χ0v) is 18.0. The van der Waals surface area contributed by atoms with Crippen molar-refractivity contribution in [1.82, 2.24) is 19.8 Å². The Morgan fingerprint density at radius 1 is 1.10 bits per heavy atom. The summed E-state index contributed by atoms with van der Waals surface area (Å²) in [5, 5.41) is 2.92. The number of hydrogen-bond acceptors (Lipinski definition) is 4. The summed E-state index contributed by atoms with van der Waals surface area (Å²) in [6, 6.07) is 14.8. The minimum atomic E-state index is -0.243. The summed E-state index contributed by atoms with van der Waals surface area (Å²) in [4.78, 5) is 32.3. The molecule has 0 radical (unpaired) electrons. The lowest BCUT2D eigenvalue weighted by Crippen LogP contribution is -2.40. The predicted octanol–water partition coefficient (Wildman–Crippen LogP) is 3.23. The van der Waals surface area contributed by atoms with Crippen molar-refractivity contribution in [3.05, 3.63) is 59.9 Å². The number of likely N-dealkylation sites (tertiary alicyclic amines) is 1. The monoisotopic (exact) mass is 420 g/mol. The molecule has 1 aromatic heterocycles. The molecule has 1 saturated heterocycles. The van der Waals surface area contributed by atoms with E-state index in [4.69, 9.17) is 4.74 Å². The molecule has 1 aliphatic rings. The molecule has 2 amide bonds. The van der Waals surface area contributed by atoms with Crippen LogP contribution in [-0.2, 0) is 17.9 Å². The van der Waals surface area contributed by atoms with E-state index in [-0.39, 0.29) is 24.9 Å². The minimum absolute atomic E-state index is 0.0901. The van der Waals surface area contributed by atoms with Crippen molar-refractivity contribution in [3.63, 3.8) is 0 Å². The maximum Gasteiger partial charge on any atom is 0.255 e. The maximum absolute atomic E-state index is 13.0. The third-order valence-corrected chi connectivity index (χ3v) is 5.92. The Hall–Kier alpha value is -3.35. The van der Waals surface area contributed by atoms with Gasteiger partial charge < -0.3 is 19.5 Å². The number of ether oxygens (including phenoxy) is 1. The number of nitrogens with zero attached hydrogens (tertiary/aromatic N) is 3. The average molecular weight is 421 g/mol. The summed E-state index contributed by atoms with van der Waals surface area (Å²) in [6.45, 7) is 4.26. The van der Waals surface area contributed by atoms with Crippen LogP contribution < -0.4 is 10.1 Å². The first-order chi connectivity index (χ1) is 15.1. The van der Waals surface area contributed by atoms with Gasteiger partial charge in [0.1, 0.15) is 18.1 Å². The summed E-state index contributed by atoms with van der Waals surface area (Å²) >= 11 is 0. The van der Waals surface area contributed by atoms with Crippen molar-refractivity contribution in [2.75, 3.05) is 20.2 Å². The summed E-state index contributed by atoms with van der Waals surface area (Å²) in [6.07, 6.45) is 2.08. The number of fused-ring (bicyclic) bond motifs is 1. The van der Waals surface area contributed by atoms with Crippen LogP contribution in [0.5, 0.6) is 5.75 Å². The SMILES string of the molecule is COc1ccccc1C(=O)NCc1nc2ccccc2n1CC(=O)N1CCC(C)CC1. The summed E-state index contributed by atoms with van der Waals surface area (Å²) in [5.41, 5.74) is 2.16. The van der Waals surface area contributed by atoms with Crippen LogP contribution in [0.2, 0.25) is 0 Å². The molecule has 162 valence electrons. The highest BCUT2D eigenvalue weighted by molar-refractivity contribution is 5.96. The van der Waals surface area contributed by atoms with Crippen LogP contribution in [0.25, 0.3) is 11.0 Å². The van der Waals surface area contributed by atoms with Gasteiger partial charge in [0.2, 0.25) is 5.91 Å². The number of carbonyl (C=O) groups is 2. The second-order valence-electron chi connectivity index (χ2n) is 8.05. The van der Waals surface area contributed by atoms with E-state index in [1.54, 1.807) is 25.3 Å². The Morgan fingerprint density at radius 3 is 2.58 bits per heavy atom. The number of nitrogens with one attached hydrogen (secondary N) is 1. The van der Waals surface area contributed by atoms with E-state index in [2.05, 4.69) is 17.2 Å². The molecule has 31 heavy (non-hydrogen) atoms. The van der Waals surface area contributed by atoms with Gasteiger partial charge in [-0.1, -0.05) is 31.2 Å². The Balaban J connectivity index is 1.54. The van der Waals surface area contributed by atoms with Crippen molar-refractivity contribution in [3.8, 4) is 5.75 Å². The van der Waals surface area contributed by atoms with Crippen molar-refractivity contribution >= 4 is 22.8 Å². The molecule has 3 aromatic rings. The highest BCUT2D eigenvalue weighted by Gasteiger charge is 2.22. The van der Waals surface area contributed by atoms with Gasteiger partial charge in [-0.15, -0.1) is 0 Å². The third kappa shape index (κ3) is 4.55. The molecule has 7 nitrogen and oxygen atoms in total. The molecule has 1 fully saturated rings. The van der Waals surface area contributed by atoms with Gasteiger partial charge in [-0.25, -0.2) is 4.98 Å². The fraction of sp³-hybridized carbons (Fsp3) is 0.375. The first-order valence-corrected chi connectivity index (χ1v) is 10.7. The van der Waals surface area contributed by atoms with Crippen LogP contribution in [-0.4, -0.2) is 46.5 Å². The Kier molecular flexibility index (Phi) is 6.21. The topological polar surface area (TPSA) is 76.5 Å². The van der Waals surface area contributed by atoms with Crippen LogP contribution in [0, 0.1) is 5.92 Å². The lowest BCUT2D eigenvalue weighted by Gasteiger charge is -2.30. The quantitative estimate of drug-likeness (QED) is 0.664. The summed E-state index contributed by atoms with van der Waals surface area (Å²) in [7, 11) is 1.54. The van der Waals surface area contributed by atoms with Crippen LogP contribution in [0.1, 0.15) is 35.9 Å². The van der Waals surface area contributed by atoms with Gasteiger partial charge in [-0.2, -0.15) is 0 Å². The fourth-order valence-electron chi connectivity index (χ4n) is 4.02. The molecule has 2 aromatic carbocycles. The molecular weight excluding hydrogens is 392 g/mol. The second-order valence-corrected chi connectivity index (χ2v) is 8.05. The van der Waals surface area contributed by atoms with E-state index >= 15 is 0 Å².